The number of rotatable bonds is 0. The SMILES string of the molecule is [La].[Mg].[Mo].[Ni].[W]. The summed E-state index contributed by atoms with van der Waals surface area (Å²) >= 11 is 0. The largest absolute Gasteiger partial charge is 0 e. The molecule has 0 aromatic rings. The average molecular weight is 502 g/mol. The summed E-state index contributed by atoms with van der Waals surface area (Å²) in [4.78, 5) is 0. The summed E-state index contributed by atoms with van der Waals surface area (Å²) in [7, 11) is 0. The molecule has 5 heavy (non-hydrogen) atoms. The number of hydrogen-bond acceptors (Lipinski definition) is 0. The van der Waals surface area contributed by atoms with Crippen LogP contribution in [0, 0.1) is 35.6 Å². The van der Waals surface area contributed by atoms with E-state index >= 15 is 0 Å². The van der Waals surface area contributed by atoms with E-state index in [0.717, 1.165) is 0 Å². The molecule has 0 atom stereocenters. The summed E-state index contributed by atoms with van der Waals surface area (Å²) in [6.45, 7) is 0. The third-order valence-corrected chi connectivity index (χ3v) is 0. The van der Waals surface area contributed by atoms with E-state index in [-0.39, 0.29) is 117 Å². The van der Waals surface area contributed by atoms with Crippen LogP contribution in [0.15, 0.2) is 0 Å². The maximum Gasteiger partial charge on any atom is 0 e. The molecular formula is LaMgMoNiW. The van der Waals surface area contributed by atoms with Crippen LogP contribution >= 0.6 is 0 Å². The van der Waals surface area contributed by atoms with E-state index < -0.39 is 0 Å². The molecule has 0 spiro atoms. The molecule has 0 amide bonds. The van der Waals surface area contributed by atoms with Crippen LogP contribution in [0.25, 0.3) is 0 Å². The molecule has 0 bridgehead atoms. The van der Waals surface area contributed by atoms with Crippen molar-refractivity contribution in [3.05, 3.63) is 0 Å². The van der Waals surface area contributed by atoms with Gasteiger partial charge in [0.05, 0.1) is 0 Å². The topological polar surface area (TPSA) is 0 Å². The maximum absolute atomic E-state index is 0. The van der Waals surface area contributed by atoms with Gasteiger partial charge in [-0.3, -0.25) is 0 Å². The smallest absolute Gasteiger partial charge is 0 e. The van der Waals surface area contributed by atoms with Crippen molar-refractivity contribution in [2.45, 2.75) is 0 Å². The predicted molar refractivity (Wildman–Crippen MR) is 5.75 cm³/mol. The van der Waals surface area contributed by atoms with Crippen LogP contribution in [-0.4, -0.2) is 23.1 Å². The fraction of sp³-hybridized carbons (Fsp3) is 0. The molecule has 0 nitrogen and oxygen atoms in total. The fourth-order valence-electron chi connectivity index (χ4n) is 0. The first-order valence-corrected chi connectivity index (χ1v) is 0. The zero-order chi connectivity index (χ0) is 0. The third kappa shape index (κ3) is 18.1. The third-order valence-electron chi connectivity index (χ3n) is 0. The number of hydrogen-bond donors (Lipinski definition) is 0. The molecule has 3 radical (unpaired) electrons. The van der Waals surface area contributed by atoms with Gasteiger partial charge in [-0.25, -0.2) is 0 Å². The van der Waals surface area contributed by atoms with Crippen LogP contribution in [0.2, 0.25) is 0 Å². The standard InChI is InChI=1S/La.Mg.Mo.Ni.W. The van der Waals surface area contributed by atoms with E-state index in [1.165, 1.54) is 0 Å². The van der Waals surface area contributed by atoms with Gasteiger partial charge in [0, 0.05) is 117 Å². The normalized spacial score (nSPS) is 0. The molecule has 0 aliphatic carbocycles. The van der Waals surface area contributed by atoms with Crippen LogP contribution in [0.5, 0.6) is 0 Å². The van der Waals surface area contributed by atoms with E-state index in [4.69, 9.17) is 0 Å². The van der Waals surface area contributed by atoms with E-state index in [9.17, 15) is 0 Å². The molecule has 5 heteroatoms. The molecule has 0 unspecified atom stereocenters. The summed E-state index contributed by atoms with van der Waals surface area (Å²) in [6, 6.07) is 0. The zero-order valence-electron chi connectivity index (χ0n) is 2.42. The van der Waals surface area contributed by atoms with E-state index in [2.05, 4.69) is 0 Å². The second-order valence-electron chi connectivity index (χ2n) is 0. The maximum atomic E-state index is 0. The van der Waals surface area contributed by atoms with Crippen molar-refractivity contribution in [3.8, 4) is 0 Å². The first kappa shape index (κ1) is 36.9. The quantitative estimate of drug-likeness (QED) is 0.397. The van der Waals surface area contributed by atoms with Gasteiger partial charge < -0.3 is 0 Å². The van der Waals surface area contributed by atoms with Crippen LogP contribution in [-0.2, 0) is 58.6 Å². The minimum absolute atomic E-state index is 0. The molecule has 0 saturated heterocycles. The molecular weight excluding hydrogens is 502 g/mol. The molecule has 0 rings (SSSR count). The van der Waals surface area contributed by atoms with Crippen molar-refractivity contribution >= 4 is 23.1 Å². The van der Waals surface area contributed by atoms with Crippen molar-refractivity contribution in [2.75, 3.05) is 0 Å². The van der Waals surface area contributed by atoms with Gasteiger partial charge in [-0.05, 0) is 0 Å². The Labute approximate surface area is 115 Å². The van der Waals surface area contributed by atoms with Gasteiger partial charge in [0.1, 0.15) is 0 Å². The molecule has 0 heterocycles. The van der Waals surface area contributed by atoms with Gasteiger partial charge in [0.15, 0.2) is 0 Å². The zero-order valence-corrected chi connectivity index (χ0v) is 13.4. The van der Waals surface area contributed by atoms with Gasteiger partial charge in [-0.2, -0.15) is 0 Å². The van der Waals surface area contributed by atoms with Gasteiger partial charge in [-0.1, -0.05) is 0 Å². The second-order valence-corrected chi connectivity index (χ2v) is 0. The Morgan fingerprint density at radius 1 is 1.00 bits per heavy atom. The van der Waals surface area contributed by atoms with E-state index in [1.807, 2.05) is 0 Å². The van der Waals surface area contributed by atoms with E-state index in [1.54, 1.807) is 0 Å². The second kappa shape index (κ2) is 24.9. The summed E-state index contributed by atoms with van der Waals surface area (Å²) < 4.78 is 0. The van der Waals surface area contributed by atoms with Crippen LogP contribution < -0.4 is 0 Å². The average Bonchev–Trinajstić information content (AvgIpc) is 0. The van der Waals surface area contributed by atoms with Crippen LogP contribution in [0.1, 0.15) is 0 Å². The van der Waals surface area contributed by atoms with Crippen molar-refractivity contribution < 1.29 is 94.2 Å². The molecule has 0 saturated carbocycles. The molecule has 0 N–H and O–H groups in total. The minimum Gasteiger partial charge on any atom is 0 e. The Balaban J connectivity index is 0. The Morgan fingerprint density at radius 3 is 1.00 bits per heavy atom. The Hall–Kier alpha value is 3.83. The summed E-state index contributed by atoms with van der Waals surface area (Å²) in [6.07, 6.45) is 0. The fourth-order valence-corrected chi connectivity index (χ4v) is 0. The van der Waals surface area contributed by atoms with Gasteiger partial charge in [-0.15, -0.1) is 0 Å². The molecule has 0 fully saturated rings. The van der Waals surface area contributed by atoms with Crippen molar-refractivity contribution in [1.29, 1.82) is 0 Å². The van der Waals surface area contributed by atoms with Crippen molar-refractivity contribution in [1.82, 2.24) is 0 Å². The summed E-state index contributed by atoms with van der Waals surface area (Å²) in [5.41, 5.74) is 0. The Bertz CT molecular complexity index is 11.6. The molecule has 27 valence electrons. The first-order valence-electron chi connectivity index (χ1n) is 0. The summed E-state index contributed by atoms with van der Waals surface area (Å²) in [5.74, 6) is 0. The monoisotopic (exact) mass is 503 g/mol. The van der Waals surface area contributed by atoms with Crippen molar-refractivity contribution in [3.63, 3.8) is 0 Å². The van der Waals surface area contributed by atoms with E-state index in [0.29, 0.717) is 0 Å². The first-order chi connectivity index (χ1) is 0. The molecule has 0 aliphatic heterocycles. The Morgan fingerprint density at radius 2 is 1.00 bits per heavy atom. The molecule has 0 aromatic carbocycles. The van der Waals surface area contributed by atoms with Crippen LogP contribution in [0.3, 0.4) is 0 Å². The molecule has 0 aromatic heterocycles. The molecule has 0 aliphatic rings. The van der Waals surface area contributed by atoms with Crippen LogP contribution in [0.4, 0.5) is 0 Å². The minimum atomic E-state index is 0. The Kier molecular flexibility index (Phi) is 184. The predicted octanol–water partition coefficient (Wildman–Crippen LogP) is -0.388. The van der Waals surface area contributed by atoms with Gasteiger partial charge in [0.25, 0.3) is 0 Å². The van der Waals surface area contributed by atoms with Gasteiger partial charge in [0.2, 0.25) is 0 Å². The van der Waals surface area contributed by atoms with Gasteiger partial charge >= 0.3 is 0 Å². The van der Waals surface area contributed by atoms with Crippen molar-refractivity contribution in [2.24, 2.45) is 0 Å². The summed E-state index contributed by atoms with van der Waals surface area (Å²) in [5, 5.41) is 0.